The van der Waals surface area contributed by atoms with E-state index in [0.29, 0.717) is 57.5 Å². The van der Waals surface area contributed by atoms with Crippen LogP contribution in [0.4, 0.5) is 17.3 Å². The van der Waals surface area contributed by atoms with Crippen molar-refractivity contribution in [3.8, 4) is 23.0 Å². The molecule has 0 spiro atoms. The van der Waals surface area contributed by atoms with E-state index in [1.807, 2.05) is 32.4 Å². The van der Waals surface area contributed by atoms with Crippen LogP contribution in [0.5, 0.6) is 23.0 Å². The van der Waals surface area contributed by atoms with Crippen molar-refractivity contribution in [2.24, 2.45) is 0 Å². The van der Waals surface area contributed by atoms with Crippen LogP contribution in [-0.4, -0.2) is 76.7 Å². The van der Waals surface area contributed by atoms with E-state index in [1.165, 1.54) is 18.5 Å². The number of fused-ring (bicyclic) bond motifs is 1. The number of hydrogen-bond donors (Lipinski definition) is 1. The van der Waals surface area contributed by atoms with E-state index in [4.69, 9.17) is 42.6 Å². The van der Waals surface area contributed by atoms with Crippen LogP contribution >= 0.6 is 0 Å². The van der Waals surface area contributed by atoms with Crippen LogP contribution in [0.1, 0.15) is 83.2 Å². The fourth-order valence-electron chi connectivity index (χ4n) is 7.39. The van der Waals surface area contributed by atoms with Crippen LogP contribution in [0.15, 0.2) is 64.0 Å². The van der Waals surface area contributed by atoms with Crippen molar-refractivity contribution in [2.75, 3.05) is 44.7 Å². The third-order valence-electron chi connectivity index (χ3n) is 11.5. The molecule has 1 atom stereocenters. The smallest absolute Gasteiger partial charge is 0.495 e. The average Bonchev–Trinajstić information content (AvgIpc) is 3.79. The molecule has 3 fully saturated rings. The van der Waals surface area contributed by atoms with Crippen molar-refractivity contribution >= 4 is 50.9 Å². The van der Waals surface area contributed by atoms with E-state index >= 15 is 8.42 Å². The zero-order chi connectivity index (χ0) is 41.0. The summed E-state index contributed by atoms with van der Waals surface area (Å²) in [6, 6.07) is 15.8. The Hall–Kier alpha value is -4.97. The first kappa shape index (κ1) is 39.8. The number of anilines is 3. The maximum atomic E-state index is 15.2. The standard InChI is InChI=1S/C41H50BN5O10S/c1-40(2)41(3,4)57-42(56-40)27-19-34(52-7)38(35(20-27)53-8)58(48,49)46(24-25-12-16-28(50-5)17-13-25)39-29-21-33(51-6)30(22-32(29)55-45-39)43-36-23-31(26-14-15-26)47(44-36)37-11-9-10-18-54-37/h12-13,16-17,19-23,26,37H,9-11,14-15,18,24H2,1-8H3,(H,43,44). The lowest BCUT2D eigenvalue weighted by molar-refractivity contribution is -0.0409. The van der Waals surface area contributed by atoms with Gasteiger partial charge in [0.15, 0.2) is 28.3 Å². The first-order valence-corrected chi connectivity index (χ1v) is 20.9. The van der Waals surface area contributed by atoms with Gasteiger partial charge in [0.05, 0.1) is 57.3 Å². The monoisotopic (exact) mass is 815 g/mol. The van der Waals surface area contributed by atoms with Crippen LogP contribution in [0.2, 0.25) is 0 Å². The summed E-state index contributed by atoms with van der Waals surface area (Å²) in [5.41, 5.74) is 1.96. The largest absolute Gasteiger partial charge is 0.497 e. The van der Waals surface area contributed by atoms with Gasteiger partial charge < -0.3 is 42.8 Å². The summed E-state index contributed by atoms with van der Waals surface area (Å²) in [6.07, 6.45) is 5.18. The number of ether oxygens (including phenoxy) is 5. The van der Waals surface area contributed by atoms with E-state index in [0.717, 1.165) is 37.8 Å². The lowest BCUT2D eigenvalue weighted by Crippen LogP contribution is -2.41. The van der Waals surface area contributed by atoms with Crippen LogP contribution in [0, 0.1) is 0 Å². The SMILES string of the molecule is COc1ccc(CN(c2noc3cc(Nc4cc(C5CC5)n(C5CCCCO5)n4)c(OC)cc23)S(=O)(=O)c2c(OC)cc(B3OC(C)(C)C(C)(C)O3)cc2OC)cc1. The van der Waals surface area contributed by atoms with Crippen LogP contribution in [0.3, 0.4) is 0 Å². The summed E-state index contributed by atoms with van der Waals surface area (Å²) in [5.74, 6) is 2.23. The maximum Gasteiger partial charge on any atom is 0.495 e. The lowest BCUT2D eigenvalue weighted by Gasteiger charge is -2.32. The molecule has 1 unspecified atom stereocenters. The molecule has 1 saturated carbocycles. The Bertz CT molecular complexity index is 2360. The van der Waals surface area contributed by atoms with Crippen molar-refractivity contribution in [1.82, 2.24) is 14.9 Å². The highest BCUT2D eigenvalue weighted by atomic mass is 32.2. The second kappa shape index (κ2) is 15.3. The molecule has 3 aliphatic rings. The molecule has 5 aromatic rings. The molecule has 2 aliphatic heterocycles. The molecule has 4 heterocycles. The Morgan fingerprint density at radius 2 is 1.53 bits per heavy atom. The second-order valence-corrected chi connectivity index (χ2v) is 17.7. The summed E-state index contributed by atoms with van der Waals surface area (Å²) in [4.78, 5) is -0.211. The first-order chi connectivity index (χ1) is 27.8. The normalized spacial score (nSPS) is 19.0. The van der Waals surface area contributed by atoms with Crippen molar-refractivity contribution < 1.29 is 45.9 Å². The molecular weight excluding hydrogens is 765 g/mol. The minimum absolute atomic E-state index is 0.0318. The predicted molar refractivity (Wildman–Crippen MR) is 219 cm³/mol. The highest BCUT2D eigenvalue weighted by molar-refractivity contribution is 7.93. The maximum absolute atomic E-state index is 15.2. The molecule has 1 N–H and O–H groups in total. The van der Waals surface area contributed by atoms with Gasteiger partial charge in [-0.3, -0.25) is 0 Å². The molecule has 15 nitrogen and oxygen atoms in total. The van der Waals surface area contributed by atoms with E-state index in [1.54, 1.807) is 62.8 Å². The van der Waals surface area contributed by atoms with Crippen molar-refractivity contribution in [3.05, 3.63) is 65.9 Å². The van der Waals surface area contributed by atoms with Crippen LogP contribution in [-0.2, 0) is 30.6 Å². The molecule has 3 aromatic carbocycles. The van der Waals surface area contributed by atoms with Gasteiger partial charge in [-0.2, -0.15) is 5.10 Å². The Morgan fingerprint density at radius 3 is 2.12 bits per heavy atom. The number of rotatable bonds is 14. The predicted octanol–water partition coefficient (Wildman–Crippen LogP) is 7.07. The van der Waals surface area contributed by atoms with E-state index < -0.39 is 28.3 Å². The number of aromatic nitrogens is 3. The molecule has 17 heteroatoms. The summed E-state index contributed by atoms with van der Waals surface area (Å²) in [6.45, 7) is 8.36. The Morgan fingerprint density at radius 1 is 0.862 bits per heavy atom. The summed E-state index contributed by atoms with van der Waals surface area (Å²) in [7, 11) is 0.592. The number of nitrogens with zero attached hydrogens (tertiary/aromatic N) is 4. The summed E-state index contributed by atoms with van der Waals surface area (Å²) in [5, 5.41) is 13.1. The number of hydrogen-bond acceptors (Lipinski definition) is 13. The fraction of sp³-hybridized carbons (Fsp3) is 0.463. The Kier molecular flexibility index (Phi) is 10.5. The number of methoxy groups -OCH3 is 4. The van der Waals surface area contributed by atoms with Crippen LogP contribution < -0.4 is 34.0 Å². The van der Waals surface area contributed by atoms with Crippen LogP contribution in [0.25, 0.3) is 11.0 Å². The summed E-state index contributed by atoms with van der Waals surface area (Å²) >= 11 is 0. The Balaban J connectivity index is 1.20. The molecule has 0 bridgehead atoms. The van der Waals surface area contributed by atoms with Gasteiger partial charge in [-0.15, -0.1) is 0 Å². The molecule has 2 saturated heterocycles. The molecule has 58 heavy (non-hydrogen) atoms. The Labute approximate surface area is 339 Å². The third-order valence-corrected chi connectivity index (χ3v) is 13.3. The highest BCUT2D eigenvalue weighted by Crippen LogP contribution is 2.45. The van der Waals surface area contributed by atoms with Crippen molar-refractivity contribution in [1.29, 1.82) is 0 Å². The quantitative estimate of drug-likeness (QED) is 0.114. The molecule has 308 valence electrons. The minimum atomic E-state index is -4.53. The van der Waals surface area contributed by atoms with Gasteiger partial charge in [0.25, 0.3) is 10.0 Å². The van der Waals surface area contributed by atoms with Gasteiger partial charge in [0.2, 0.25) is 0 Å². The van der Waals surface area contributed by atoms with Gasteiger partial charge >= 0.3 is 7.12 Å². The van der Waals surface area contributed by atoms with Gasteiger partial charge in [0.1, 0.15) is 23.0 Å². The zero-order valence-electron chi connectivity index (χ0n) is 34.2. The summed E-state index contributed by atoms with van der Waals surface area (Å²) < 4.78 is 81.1. The second-order valence-electron chi connectivity index (χ2n) is 15.9. The number of benzene rings is 3. The molecule has 0 amide bonds. The average molecular weight is 816 g/mol. The van der Waals surface area contributed by atoms with E-state index in [9.17, 15) is 0 Å². The van der Waals surface area contributed by atoms with Gasteiger partial charge in [-0.25, -0.2) is 17.4 Å². The van der Waals surface area contributed by atoms with E-state index in [-0.39, 0.29) is 35.0 Å². The molecule has 8 rings (SSSR count). The van der Waals surface area contributed by atoms with Crippen molar-refractivity contribution in [3.63, 3.8) is 0 Å². The lowest BCUT2D eigenvalue weighted by atomic mass is 9.79. The van der Waals surface area contributed by atoms with E-state index in [2.05, 4.69) is 16.5 Å². The van der Waals surface area contributed by atoms with Gasteiger partial charge in [-0.1, -0.05) is 17.3 Å². The number of nitrogens with one attached hydrogen (secondary N) is 1. The molecule has 0 radical (unpaired) electrons. The topological polar surface area (TPSA) is 158 Å². The first-order valence-electron chi connectivity index (χ1n) is 19.5. The van der Waals surface area contributed by atoms with Gasteiger partial charge in [-0.05, 0) is 101 Å². The highest BCUT2D eigenvalue weighted by Gasteiger charge is 2.52. The third kappa shape index (κ3) is 7.33. The fourth-order valence-corrected chi connectivity index (χ4v) is 9.08. The number of sulfonamides is 1. The zero-order valence-corrected chi connectivity index (χ0v) is 35.0. The molecular formula is C41H50BN5O10S. The van der Waals surface area contributed by atoms with Gasteiger partial charge in [0, 0.05) is 30.4 Å². The minimum Gasteiger partial charge on any atom is -0.497 e. The molecule has 2 aromatic heterocycles. The van der Waals surface area contributed by atoms with Crippen molar-refractivity contribution in [2.45, 2.75) is 94.6 Å². The molecule has 1 aliphatic carbocycles.